The van der Waals surface area contributed by atoms with Crippen LogP contribution in [0.5, 0.6) is 0 Å². The van der Waals surface area contributed by atoms with Crippen molar-refractivity contribution in [2.75, 3.05) is 0 Å². The van der Waals surface area contributed by atoms with Gasteiger partial charge in [-0.2, -0.15) is 0 Å². The highest BCUT2D eigenvalue weighted by Gasteiger charge is 1.83. The Morgan fingerprint density at radius 1 is 0.857 bits per heavy atom. The highest BCUT2D eigenvalue weighted by molar-refractivity contribution is 4.88. The smallest absolute Gasteiger partial charge is 0.0172 e. The number of allylic oxidation sites excluding steroid dienone is 5. The summed E-state index contributed by atoms with van der Waals surface area (Å²) in [4.78, 5) is 0. The number of hydrogen-bond acceptors (Lipinski definition) is 0. The third kappa shape index (κ3) is 11.2. The second-order valence-electron chi connectivity index (χ2n) is 3.54. The maximum atomic E-state index is 3.68. The lowest BCUT2D eigenvalue weighted by molar-refractivity contribution is 0.759. The van der Waals surface area contributed by atoms with Crippen molar-refractivity contribution in [3.05, 3.63) is 37.0 Å². The van der Waals surface area contributed by atoms with Gasteiger partial charge >= 0.3 is 0 Å². The van der Waals surface area contributed by atoms with Gasteiger partial charge in [-0.25, -0.2) is 0 Å². The van der Waals surface area contributed by atoms with Crippen molar-refractivity contribution < 1.29 is 0 Å². The number of hydrogen-bond donors (Lipinski definition) is 0. The third-order valence-electron chi connectivity index (χ3n) is 2.08. The molecule has 0 atom stereocenters. The van der Waals surface area contributed by atoms with Crippen molar-refractivity contribution in [2.45, 2.75) is 51.9 Å². The van der Waals surface area contributed by atoms with Crippen molar-refractivity contribution in [3.63, 3.8) is 0 Å². The van der Waals surface area contributed by atoms with Gasteiger partial charge < -0.3 is 0 Å². The lowest BCUT2D eigenvalue weighted by atomic mass is 10.1. The molecule has 0 aromatic rings. The molecular formula is C14H24. The Labute approximate surface area is 89.4 Å². The van der Waals surface area contributed by atoms with Crippen LogP contribution in [0.4, 0.5) is 0 Å². The van der Waals surface area contributed by atoms with Crippen LogP contribution in [0.3, 0.4) is 0 Å². The van der Waals surface area contributed by atoms with Crippen LogP contribution in [-0.2, 0) is 0 Å². The molecular weight excluding hydrogens is 168 g/mol. The molecule has 0 spiro atoms. The minimum absolute atomic E-state index is 1.01. The predicted octanol–water partition coefficient (Wildman–Crippen LogP) is 5.04. The van der Waals surface area contributed by atoms with Crippen molar-refractivity contribution in [1.82, 2.24) is 0 Å². The SMILES string of the molecule is C=CCC=CCCCCC=CCCC. The lowest BCUT2D eigenvalue weighted by Crippen LogP contribution is -1.72. The Bertz CT molecular complexity index is 163. The standard InChI is InChI=1S/C14H24/c1-3-5-7-9-11-13-14-12-10-8-6-4-2/h3,7-10H,1,4-6,11-14H2,2H3. The van der Waals surface area contributed by atoms with Crippen LogP contribution >= 0.6 is 0 Å². The van der Waals surface area contributed by atoms with Crippen LogP contribution in [0.15, 0.2) is 37.0 Å². The molecule has 0 aliphatic rings. The molecule has 0 radical (unpaired) electrons. The summed E-state index contributed by atoms with van der Waals surface area (Å²) in [6, 6.07) is 0. The van der Waals surface area contributed by atoms with E-state index in [0.29, 0.717) is 0 Å². The van der Waals surface area contributed by atoms with Gasteiger partial charge in [0, 0.05) is 0 Å². The van der Waals surface area contributed by atoms with Gasteiger partial charge in [0.15, 0.2) is 0 Å². The zero-order valence-electron chi connectivity index (χ0n) is 9.54. The van der Waals surface area contributed by atoms with E-state index in [9.17, 15) is 0 Å². The fourth-order valence-electron chi connectivity index (χ4n) is 1.24. The first kappa shape index (κ1) is 13.2. The van der Waals surface area contributed by atoms with E-state index in [1.54, 1.807) is 0 Å². The zero-order chi connectivity index (χ0) is 10.5. The fourth-order valence-corrected chi connectivity index (χ4v) is 1.24. The predicted molar refractivity (Wildman–Crippen MR) is 66.5 cm³/mol. The highest BCUT2D eigenvalue weighted by atomic mass is 13.9. The summed E-state index contributed by atoms with van der Waals surface area (Å²) >= 11 is 0. The Morgan fingerprint density at radius 2 is 1.43 bits per heavy atom. The van der Waals surface area contributed by atoms with Crippen molar-refractivity contribution >= 4 is 0 Å². The third-order valence-corrected chi connectivity index (χ3v) is 2.08. The zero-order valence-corrected chi connectivity index (χ0v) is 9.54. The van der Waals surface area contributed by atoms with Crippen LogP contribution in [-0.4, -0.2) is 0 Å². The average Bonchev–Trinajstić information content (AvgIpc) is 2.21. The molecule has 0 aromatic carbocycles. The molecule has 0 amide bonds. The van der Waals surface area contributed by atoms with E-state index in [1.165, 1.54) is 38.5 Å². The molecule has 0 aliphatic heterocycles. The molecule has 0 fully saturated rings. The second-order valence-corrected chi connectivity index (χ2v) is 3.54. The molecule has 0 unspecified atom stereocenters. The van der Waals surface area contributed by atoms with Crippen LogP contribution in [0, 0.1) is 0 Å². The average molecular weight is 192 g/mol. The minimum atomic E-state index is 1.01. The lowest BCUT2D eigenvalue weighted by Gasteiger charge is -1.92. The first-order valence-corrected chi connectivity index (χ1v) is 5.82. The topological polar surface area (TPSA) is 0 Å². The summed E-state index contributed by atoms with van der Waals surface area (Å²) in [7, 11) is 0. The van der Waals surface area contributed by atoms with E-state index in [2.05, 4.69) is 37.8 Å². The van der Waals surface area contributed by atoms with Gasteiger partial charge in [-0.1, -0.05) is 43.7 Å². The largest absolute Gasteiger partial charge is 0.103 e. The summed E-state index contributed by atoms with van der Waals surface area (Å²) in [5.41, 5.74) is 0. The van der Waals surface area contributed by atoms with E-state index < -0.39 is 0 Å². The fraction of sp³-hybridized carbons (Fsp3) is 0.571. The maximum Gasteiger partial charge on any atom is -0.0172 e. The summed E-state index contributed by atoms with van der Waals surface area (Å²) in [5, 5.41) is 0. The monoisotopic (exact) mass is 192 g/mol. The Balaban J connectivity index is 3.09. The van der Waals surface area contributed by atoms with Crippen LogP contribution in [0.25, 0.3) is 0 Å². The van der Waals surface area contributed by atoms with Gasteiger partial charge in [0.05, 0.1) is 0 Å². The molecule has 80 valence electrons. The van der Waals surface area contributed by atoms with E-state index in [1.807, 2.05) is 6.08 Å². The van der Waals surface area contributed by atoms with Gasteiger partial charge in [-0.3, -0.25) is 0 Å². The Morgan fingerprint density at radius 3 is 2.00 bits per heavy atom. The van der Waals surface area contributed by atoms with Gasteiger partial charge in [-0.15, -0.1) is 6.58 Å². The van der Waals surface area contributed by atoms with E-state index in [0.717, 1.165) is 6.42 Å². The molecule has 0 aliphatic carbocycles. The highest BCUT2D eigenvalue weighted by Crippen LogP contribution is 2.03. The minimum Gasteiger partial charge on any atom is -0.103 e. The molecule has 0 bridgehead atoms. The number of unbranched alkanes of at least 4 members (excludes halogenated alkanes) is 4. The van der Waals surface area contributed by atoms with Gasteiger partial charge in [0.25, 0.3) is 0 Å². The first-order valence-electron chi connectivity index (χ1n) is 5.82. The van der Waals surface area contributed by atoms with Crippen molar-refractivity contribution in [2.24, 2.45) is 0 Å². The van der Waals surface area contributed by atoms with Crippen molar-refractivity contribution in [3.8, 4) is 0 Å². The molecule has 0 saturated carbocycles. The molecule has 0 aromatic heterocycles. The van der Waals surface area contributed by atoms with E-state index in [4.69, 9.17) is 0 Å². The second kappa shape index (κ2) is 12.2. The molecule has 0 rings (SSSR count). The first-order chi connectivity index (χ1) is 6.91. The van der Waals surface area contributed by atoms with Crippen LogP contribution < -0.4 is 0 Å². The van der Waals surface area contributed by atoms with Gasteiger partial charge in [0.1, 0.15) is 0 Å². The van der Waals surface area contributed by atoms with Gasteiger partial charge in [0.2, 0.25) is 0 Å². The Hall–Kier alpha value is -0.780. The maximum absolute atomic E-state index is 3.68. The van der Waals surface area contributed by atoms with Crippen molar-refractivity contribution in [1.29, 1.82) is 0 Å². The summed E-state index contributed by atoms with van der Waals surface area (Å²) in [5.74, 6) is 0. The summed E-state index contributed by atoms with van der Waals surface area (Å²) in [6.45, 7) is 5.89. The molecule has 14 heavy (non-hydrogen) atoms. The molecule has 0 heterocycles. The quantitative estimate of drug-likeness (QED) is 0.355. The molecule has 0 saturated heterocycles. The normalized spacial score (nSPS) is 11.5. The number of rotatable bonds is 9. The molecule has 0 heteroatoms. The Kier molecular flexibility index (Phi) is 11.5. The summed E-state index contributed by atoms with van der Waals surface area (Å²) in [6.07, 6.45) is 19.6. The molecule has 0 nitrogen and oxygen atoms in total. The molecule has 0 N–H and O–H groups in total. The van der Waals surface area contributed by atoms with Crippen LogP contribution in [0.1, 0.15) is 51.9 Å². The van der Waals surface area contributed by atoms with E-state index >= 15 is 0 Å². The van der Waals surface area contributed by atoms with E-state index in [-0.39, 0.29) is 0 Å². The van der Waals surface area contributed by atoms with Gasteiger partial charge in [-0.05, 0) is 38.5 Å². The summed E-state index contributed by atoms with van der Waals surface area (Å²) < 4.78 is 0. The van der Waals surface area contributed by atoms with Crippen LogP contribution in [0.2, 0.25) is 0 Å².